The van der Waals surface area contributed by atoms with E-state index in [1.54, 1.807) is 18.1 Å². The zero-order valence-corrected chi connectivity index (χ0v) is 17.3. The quantitative estimate of drug-likeness (QED) is 0.699. The molecule has 1 saturated heterocycles. The van der Waals surface area contributed by atoms with Crippen LogP contribution in [0.1, 0.15) is 17.5 Å². The van der Waals surface area contributed by atoms with Crippen LogP contribution in [0.3, 0.4) is 0 Å². The van der Waals surface area contributed by atoms with E-state index in [0.717, 1.165) is 16.9 Å². The highest BCUT2D eigenvalue weighted by Crippen LogP contribution is 2.15. The van der Waals surface area contributed by atoms with Gasteiger partial charge in [0, 0.05) is 38.0 Å². The Kier molecular flexibility index (Phi) is 7.06. The minimum Gasteiger partial charge on any atom is -0.497 e. The average Bonchev–Trinajstić information content (AvgIpc) is 2.77. The summed E-state index contributed by atoms with van der Waals surface area (Å²) in [6.45, 7) is 1.46. The van der Waals surface area contributed by atoms with Crippen LogP contribution in [0.4, 0.5) is 0 Å². The molecule has 0 unspecified atom stereocenters. The SMILES string of the molecule is COc1ccc(CCC(=O)N2CCN(S(=O)(=O)/C=C/c3ccccc3)CC2)cc1. The summed E-state index contributed by atoms with van der Waals surface area (Å²) in [5.74, 6) is 0.844. The van der Waals surface area contributed by atoms with E-state index < -0.39 is 10.0 Å². The van der Waals surface area contributed by atoms with Gasteiger partial charge in [0.1, 0.15) is 5.75 Å². The molecule has 0 radical (unpaired) electrons. The standard InChI is InChI=1S/C22H26N2O4S/c1-28-21-10-7-20(8-11-21)9-12-22(25)23-14-16-24(17-15-23)29(26,27)18-13-19-5-3-2-4-6-19/h2-8,10-11,13,18H,9,12,14-17H2,1H3/b18-13+. The Morgan fingerprint density at radius 2 is 1.66 bits per heavy atom. The number of carbonyl (C=O) groups is 1. The van der Waals surface area contributed by atoms with Gasteiger partial charge < -0.3 is 9.64 Å². The van der Waals surface area contributed by atoms with Crippen LogP contribution in [0.5, 0.6) is 5.75 Å². The van der Waals surface area contributed by atoms with Crippen LogP contribution < -0.4 is 4.74 Å². The Morgan fingerprint density at radius 1 is 1.00 bits per heavy atom. The molecule has 0 aromatic heterocycles. The Labute approximate surface area is 172 Å². The van der Waals surface area contributed by atoms with Gasteiger partial charge in [-0.1, -0.05) is 42.5 Å². The fraction of sp³-hybridized carbons (Fsp3) is 0.318. The molecule has 0 saturated carbocycles. The highest BCUT2D eigenvalue weighted by atomic mass is 32.2. The normalized spacial score (nSPS) is 15.6. The van der Waals surface area contributed by atoms with Crippen molar-refractivity contribution in [3.63, 3.8) is 0 Å². The largest absolute Gasteiger partial charge is 0.497 e. The summed E-state index contributed by atoms with van der Waals surface area (Å²) in [7, 11) is -1.87. The smallest absolute Gasteiger partial charge is 0.236 e. The van der Waals surface area contributed by atoms with Gasteiger partial charge in [0.25, 0.3) is 0 Å². The Balaban J connectivity index is 1.48. The first-order valence-corrected chi connectivity index (χ1v) is 11.1. The molecule has 2 aromatic rings. The highest BCUT2D eigenvalue weighted by molar-refractivity contribution is 7.92. The Morgan fingerprint density at radius 3 is 2.28 bits per heavy atom. The first-order chi connectivity index (χ1) is 14.0. The van der Waals surface area contributed by atoms with Crippen molar-refractivity contribution in [2.45, 2.75) is 12.8 Å². The van der Waals surface area contributed by atoms with E-state index in [-0.39, 0.29) is 5.91 Å². The topological polar surface area (TPSA) is 66.9 Å². The molecule has 154 valence electrons. The maximum atomic E-state index is 12.5. The molecule has 0 atom stereocenters. The number of methoxy groups -OCH3 is 1. The number of benzene rings is 2. The summed E-state index contributed by atoms with van der Waals surface area (Å²) in [6, 6.07) is 17.0. The van der Waals surface area contributed by atoms with Gasteiger partial charge in [-0.05, 0) is 35.8 Å². The van der Waals surface area contributed by atoms with Crippen LogP contribution >= 0.6 is 0 Å². The van der Waals surface area contributed by atoms with E-state index in [9.17, 15) is 13.2 Å². The molecule has 1 heterocycles. The molecule has 29 heavy (non-hydrogen) atoms. The van der Waals surface area contributed by atoms with Gasteiger partial charge in [-0.3, -0.25) is 4.79 Å². The molecule has 1 aliphatic heterocycles. The molecule has 7 heteroatoms. The van der Waals surface area contributed by atoms with Gasteiger partial charge in [0.2, 0.25) is 15.9 Å². The van der Waals surface area contributed by atoms with Gasteiger partial charge in [-0.15, -0.1) is 0 Å². The lowest BCUT2D eigenvalue weighted by atomic mass is 10.1. The maximum Gasteiger partial charge on any atom is 0.236 e. The van der Waals surface area contributed by atoms with Crippen molar-refractivity contribution in [3.05, 3.63) is 71.1 Å². The molecule has 6 nitrogen and oxygen atoms in total. The second kappa shape index (κ2) is 9.71. The number of nitrogens with zero attached hydrogens (tertiary/aromatic N) is 2. The first-order valence-electron chi connectivity index (χ1n) is 9.62. The lowest BCUT2D eigenvalue weighted by Crippen LogP contribution is -2.50. The summed E-state index contributed by atoms with van der Waals surface area (Å²) in [4.78, 5) is 14.2. The molecule has 1 amide bonds. The van der Waals surface area contributed by atoms with E-state index in [1.165, 1.54) is 9.71 Å². The number of hydrogen-bond acceptors (Lipinski definition) is 4. The second-order valence-electron chi connectivity index (χ2n) is 6.89. The summed E-state index contributed by atoms with van der Waals surface area (Å²) in [5.41, 5.74) is 1.91. The predicted molar refractivity (Wildman–Crippen MR) is 114 cm³/mol. The number of sulfonamides is 1. The highest BCUT2D eigenvalue weighted by Gasteiger charge is 2.27. The summed E-state index contributed by atoms with van der Waals surface area (Å²) in [5, 5.41) is 1.24. The van der Waals surface area contributed by atoms with E-state index in [1.807, 2.05) is 54.6 Å². The zero-order chi connectivity index (χ0) is 20.7. The molecule has 0 spiro atoms. The van der Waals surface area contributed by atoms with Crippen molar-refractivity contribution in [1.82, 2.24) is 9.21 Å². The fourth-order valence-electron chi connectivity index (χ4n) is 3.21. The minimum atomic E-state index is -3.49. The number of carbonyl (C=O) groups excluding carboxylic acids is 1. The average molecular weight is 415 g/mol. The number of aryl methyl sites for hydroxylation is 1. The Bertz CT molecular complexity index is 933. The third kappa shape index (κ3) is 5.92. The molecule has 1 aliphatic rings. The molecule has 1 fully saturated rings. The maximum absolute atomic E-state index is 12.5. The van der Waals surface area contributed by atoms with E-state index in [4.69, 9.17) is 4.74 Å². The van der Waals surface area contributed by atoms with Gasteiger partial charge in [-0.25, -0.2) is 8.42 Å². The number of hydrogen-bond donors (Lipinski definition) is 0. The van der Waals surface area contributed by atoms with Crippen molar-refractivity contribution >= 4 is 22.0 Å². The number of rotatable bonds is 7. The van der Waals surface area contributed by atoms with E-state index in [0.29, 0.717) is 39.0 Å². The molecule has 0 bridgehead atoms. The molecule has 0 N–H and O–H groups in total. The lowest BCUT2D eigenvalue weighted by molar-refractivity contribution is -0.132. The lowest BCUT2D eigenvalue weighted by Gasteiger charge is -2.33. The van der Waals surface area contributed by atoms with E-state index in [2.05, 4.69) is 0 Å². The van der Waals surface area contributed by atoms with Crippen LogP contribution in [-0.2, 0) is 21.2 Å². The van der Waals surface area contributed by atoms with Crippen LogP contribution in [0.15, 0.2) is 60.0 Å². The molecule has 3 rings (SSSR count). The predicted octanol–water partition coefficient (Wildman–Crippen LogP) is 2.77. The summed E-state index contributed by atoms with van der Waals surface area (Å²) in [6.07, 6.45) is 2.66. The third-order valence-corrected chi connectivity index (χ3v) is 6.53. The Hall–Kier alpha value is -2.64. The fourth-order valence-corrected chi connectivity index (χ4v) is 4.38. The van der Waals surface area contributed by atoms with Crippen molar-refractivity contribution < 1.29 is 17.9 Å². The van der Waals surface area contributed by atoms with Crippen LogP contribution in [0.25, 0.3) is 6.08 Å². The van der Waals surface area contributed by atoms with Gasteiger partial charge in [0.05, 0.1) is 7.11 Å². The summed E-state index contributed by atoms with van der Waals surface area (Å²) < 4.78 is 31.6. The van der Waals surface area contributed by atoms with Crippen molar-refractivity contribution in [3.8, 4) is 5.75 Å². The van der Waals surface area contributed by atoms with Crippen molar-refractivity contribution in [2.75, 3.05) is 33.3 Å². The zero-order valence-electron chi connectivity index (χ0n) is 16.5. The van der Waals surface area contributed by atoms with Crippen molar-refractivity contribution in [1.29, 1.82) is 0 Å². The molecule has 0 aliphatic carbocycles. The van der Waals surface area contributed by atoms with Gasteiger partial charge >= 0.3 is 0 Å². The van der Waals surface area contributed by atoms with Gasteiger partial charge in [-0.2, -0.15) is 4.31 Å². The summed E-state index contributed by atoms with van der Waals surface area (Å²) >= 11 is 0. The van der Waals surface area contributed by atoms with Crippen molar-refractivity contribution in [2.24, 2.45) is 0 Å². The minimum absolute atomic E-state index is 0.0534. The number of ether oxygens (including phenoxy) is 1. The monoisotopic (exact) mass is 414 g/mol. The number of amides is 1. The molecular formula is C22H26N2O4S. The third-order valence-electron chi connectivity index (χ3n) is 4.97. The van der Waals surface area contributed by atoms with E-state index >= 15 is 0 Å². The van der Waals surface area contributed by atoms with Crippen LogP contribution in [0.2, 0.25) is 0 Å². The van der Waals surface area contributed by atoms with Gasteiger partial charge in [0.15, 0.2) is 0 Å². The van der Waals surface area contributed by atoms with Crippen LogP contribution in [-0.4, -0.2) is 56.8 Å². The van der Waals surface area contributed by atoms with Crippen LogP contribution in [0, 0.1) is 0 Å². The number of piperazine rings is 1. The first kappa shape index (κ1) is 21.1. The molecular weight excluding hydrogens is 388 g/mol. The second-order valence-corrected chi connectivity index (χ2v) is 8.70. The molecule has 2 aromatic carbocycles.